The summed E-state index contributed by atoms with van der Waals surface area (Å²) in [6, 6.07) is 0.482. The molecule has 1 aliphatic heterocycles. The van der Waals surface area contributed by atoms with Crippen molar-refractivity contribution in [3.8, 4) is 5.75 Å². The average Bonchev–Trinajstić information content (AvgIpc) is 1.74. The number of hydrogen-bond donors (Lipinski definition) is 22. The van der Waals surface area contributed by atoms with Gasteiger partial charge in [-0.25, -0.2) is 4.98 Å². The number of H-pyrrole nitrogens is 3. The smallest absolute Gasteiger partial charge is 0.245 e. The summed E-state index contributed by atoms with van der Waals surface area (Å²) in [6.07, 6.45) is 3.32. The summed E-state index contributed by atoms with van der Waals surface area (Å²) in [4.78, 5) is 236. The van der Waals surface area contributed by atoms with Crippen molar-refractivity contribution in [3.63, 3.8) is 0 Å². The van der Waals surface area contributed by atoms with Gasteiger partial charge in [0, 0.05) is 72.6 Å². The van der Waals surface area contributed by atoms with Crippen LogP contribution in [0.15, 0.2) is 97.7 Å². The summed E-state index contributed by atoms with van der Waals surface area (Å²) in [7, 11) is 0. The summed E-state index contributed by atoms with van der Waals surface area (Å²) in [6.45, 7) is 12.1. The van der Waals surface area contributed by atoms with Gasteiger partial charge in [0.15, 0.2) is 0 Å². The van der Waals surface area contributed by atoms with E-state index < -0.39 is 205 Å². The van der Waals surface area contributed by atoms with Crippen molar-refractivity contribution in [3.05, 3.63) is 120 Å². The summed E-state index contributed by atoms with van der Waals surface area (Å²) in [5.74, 6) is -15.9. The maximum absolute atomic E-state index is 15.1. The number of hydrogen-bond acceptors (Lipinski definition) is 21. The number of benzene rings is 3. The van der Waals surface area contributed by atoms with Gasteiger partial charge < -0.3 is 121 Å². The molecule has 3 aromatic heterocycles. The number of likely N-dealkylation sites (tertiary alicyclic amines) is 1. The second-order valence-corrected chi connectivity index (χ2v) is 31.4. The molecule has 0 bridgehead atoms. The lowest BCUT2D eigenvalue weighted by Crippen LogP contribution is -2.62. The molecule has 40 heteroatoms. The molecule has 656 valence electrons. The Labute approximate surface area is 697 Å². The first-order chi connectivity index (χ1) is 57.3. The van der Waals surface area contributed by atoms with Crippen LogP contribution in [0.1, 0.15) is 123 Å². The number of aromatic nitrogens is 4. The largest absolute Gasteiger partial charge is 0.508 e. The minimum Gasteiger partial charge on any atom is -0.508 e. The SMILES string of the molecule is CC(C)C[C@H](NC(=O)[C@H](CC(C)C)NC(=O)[C@H](Cc1ccc(O)cc1)NC(=O)[C@@H](Cc1c[nH]c2ccccc12)NC(=O)[C@H](C)NC(=O)[C@H](CO)NC(=O)[C@H](CC(N)=O)NC(=O)[C@H](CC(C)C)NC(=O)[C@@H](NC(=O)[C@H](Cc1c[nH]c2ccccc12)NC(=O)CN)[C@@H](C)O)C(=O)NCC(=O)N1CCC[C@H]1C(=O)N[C@@H](Cc1c[nH]cn1)C(=O)N[C@@H](C)C(N)=O. The van der Waals surface area contributed by atoms with Crippen molar-refractivity contribution >= 4 is 116 Å². The Balaban J connectivity index is 1.03. The van der Waals surface area contributed by atoms with Crippen molar-refractivity contribution in [2.75, 3.05) is 26.2 Å². The van der Waals surface area contributed by atoms with Crippen molar-refractivity contribution in [1.82, 2.24) is 94.0 Å². The summed E-state index contributed by atoms with van der Waals surface area (Å²) < 4.78 is 0. The fourth-order valence-electron chi connectivity index (χ4n) is 13.7. The van der Waals surface area contributed by atoms with Crippen LogP contribution >= 0.6 is 0 Å². The first-order valence-corrected chi connectivity index (χ1v) is 40.0. The van der Waals surface area contributed by atoms with Gasteiger partial charge in [-0.2, -0.15) is 0 Å². The molecule has 3 aromatic carbocycles. The van der Waals surface area contributed by atoms with Crippen LogP contribution in [0.2, 0.25) is 0 Å². The van der Waals surface area contributed by atoms with Gasteiger partial charge in [0.2, 0.25) is 94.5 Å². The lowest BCUT2D eigenvalue weighted by molar-refractivity contribution is -0.140. The number of aliphatic hydroxyl groups is 2. The number of primary amides is 2. The third-order valence-electron chi connectivity index (χ3n) is 20.0. The van der Waals surface area contributed by atoms with Gasteiger partial charge in [-0.3, -0.25) is 76.7 Å². The number of nitrogens with two attached hydrogens (primary N) is 3. The molecule has 25 N–H and O–H groups in total. The second kappa shape index (κ2) is 45.4. The number of para-hydroxylation sites is 2. The molecule has 121 heavy (non-hydrogen) atoms. The van der Waals surface area contributed by atoms with Gasteiger partial charge in [-0.1, -0.05) is 90.1 Å². The average molecular weight is 1680 g/mol. The fourth-order valence-corrected chi connectivity index (χ4v) is 13.7. The van der Waals surface area contributed by atoms with Gasteiger partial charge in [-0.05, 0) is 112 Å². The molecular weight excluding hydrogens is 1570 g/mol. The van der Waals surface area contributed by atoms with Crippen LogP contribution in [0.3, 0.4) is 0 Å². The molecule has 1 fully saturated rings. The van der Waals surface area contributed by atoms with E-state index in [0.717, 1.165) is 10.9 Å². The molecule has 16 amide bonds. The topological polar surface area (TPSA) is 632 Å². The van der Waals surface area contributed by atoms with E-state index in [1.165, 1.54) is 62.5 Å². The zero-order valence-corrected chi connectivity index (χ0v) is 69.0. The number of phenolic OH excluding ortho intramolecular Hbond substituents is 1. The number of nitrogens with zero attached hydrogens (tertiary/aromatic N) is 2. The molecule has 14 atom stereocenters. The molecule has 7 rings (SSSR count). The maximum atomic E-state index is 15.1. The lowest BCUT2D eigenvalue weighted by atomic mass is 9.98. The van der Waals surface area contributed by atoms with E-state index in [-0.39, 0.29) is 81.4 Å². The number of fused-ring (bicyclic) bond motifs is 2. The molecule has 4 heterocycles. The molecule has 0 radical (unpaired) electrons. The maximum Gasteiger partial charge on any atom is 0.245 e. The Kier molecular flexibility index (Phi) is 35.7. The van der Waals surface area contributed by atoms with E-state index in [0.29, 0.717) is 39.7 Å². The zero-order chi connectivity index (χ0) is 89.1. The quantitative estimate of drug-likeness (QED) is 0.0174. The van der Waals surface area contributed by atoms with Crippen LogP contribution in [0.25, 0.3) is 21.8 Å². The van der Waals surface area contributed by atoms with Gasteiger partial charge in [0.25, 0.3) is 0 Å². The van der Waals surface area contributed by atoms with Crippen molar-refractivity contribution in [2.45, 2.75) is 211 Å². The number of carbonyl (C=O) groups is 16. The van der Waals surface area contributed by atoms with Crippen molar-refractivity contribution in [2.24, 2.45) is 35.0 Å². The molecule has 1 aliphatic rings. The number of amides is 16. The Hall–Kier alpha value is -12.8. The van der Waals surface area contributed by atoms with Gasteiger partial charge >= 0.3 is 0 Å². The van der Waals surface area contributed by atoms with Crippen LogP contribution < -0.4 is 86.3 Å². The highest BCUT2D eigenvalue weighted by Crippen LogP contribution is 2.24. The molecule has 1 saturated heterocycles. The van der Waals surface area contributed by atoms with Gasteiger partial charge in [0.05, 0.1) is 44.2 Å². The standard InChI is InChI=1S/C81H113N21O19/c1-40(2)25-55(71(111)88-37-67(108)102-24-14-19-64(102)80(120)98-61(31-49-36-85-39-89-49)72(112)90-43(7)69(84)109)94-73(113)56(26-41(3)4)95-75(115)58(28-46-20-22-50(105)23-21-46)96-76(116)60(30-48-35-87-54-18-13-11-16-52(48)54)93-70(110)44(8)91-79(119)63(38-103)100-77(117)62(32-65(83)106)97-74(114)57(27-42(5)6)99-81(121)68(45(9)104)101-78(118)59(92-66(107)33-82)29-47-34-86-53-17-12-10-15-51(47)53/h10-13,15-18,20-23,34-36,39-45,55-64,68,86-87,103-105H,14,19,24-33,37-38,82H2,1-9H3,(H2,83,106)(H2,84,109)(H,85,89)(H,88,111)(H,90,112)(H,91,119)(H,92,107)(H,93,110)(H,94,113)(H,95,115)(H,96,116)(H,97,114)(H,98,120)(H,99,121)(H,100,117)(H,101,118)/t43-,44-,45+,55-,56-,57-,58-,59-,60+,61-,62-,63-,64-,68-/m0/s1. The zero-order valence-electron chi connectivity index (χ0n) is 69.0. The van der Waals surface area contributed by atoms with Crippen LogP contribution in [-0.4, -0.2) is 246 Å². The van der Waals surface area contributed by atoms with Crippen molar-refractivity contribution in [1.29, 1.82) is 0 Å². The van der Waals surface area contributed by atoms with E-state index in [9.17, 15) is 87.2 Å². The lowest BCUT2D eigenvalue weighted by Gasteiger charge is -2.29. The number of nitrogens with one attached hydrogen (secondary N) is 16. The highest BCUT2D eigenvalue weighted by Gasteiger charge is 2.41. The van der Waals surface area contributed by atoms with Gasteiger partial charge in [0.1, 0.15) is 84.3 Å². The number of carbonyl (C=O) groups excluding carboxylic acids is 16. The molecular formula is C81H113N21O19. The van der Waals surface area contributed by atoms with Crippen LogP contribution in [-0.2, 0) is 102 Å². The molecule has 6 aromatic rings. The first kappa shape index (κ1) is 95.3. The molecule has 0 spiro atoms. The van der Waals surface area contributed by atoms with E-state index in [4.69, 9.17) is 17.2 Å². The number of aliphatic hydroxyl groups excluding tert-OH is 2. The monoisotopic (exact) mass is 1680 g/mol. The van der Waals surface area contributed by atoms with Crippen LogP contribution in [0.4, 0.5) is 0 Å². The van der Waals surface area contributed by atoms with Crippen LogP contribution in [0.5, 0.6) is 5.75 Å². The predicted molar refractivity (Wildman–Crippen MR) is 440 cm³/mol. The fraction of sp³-hybridized carbons (Fsp3) is 0.494. The first-order valence-electron chi connectivity index (χ1n) is 40.0. The Morgan fingerprint density at radius 1 is 0.488 bits per heavy atom. The number of rotatable bonds is 46. The number of aromatic hydroxyl groups is 1. The Morgan fingerprint density at radius 2 is 0.934 bits per heavy atom. The number of aromatic amines is 3. The minimum absolute atomic E-state index is 0.0259. The van der Waals surface area contributed by atoms with Crippen LogP contribution in [0, 0.1) is 17.8 Å². The Bertz CT molecular complexity index is 4640. The molecule has 0 aliphatic carbocycles. The number of phenols is 1. The van der Waals surface area contributed by atoms with E-state index >= 15 is 4.79 Å². The van der Waals surface area contributed by atoms with Gasteiger partial charge in [-0.15, -0.1) is 0 Å². The normalized spacial score (nSPS) is 15.9. The molecule has 0 unspecified atom stereocenters. The van der Waals surface area contributed by atoms with E-state index in [2.05, 4.69) is 89.1 Å². The third kappa shape index (κ3) is 28.7. The summed E-state index contributed by atoms with van der Waals surface area (Å²) in [5, 5.41) is 66.1. The van der Waals surface area contributed by atoms with E-state index in [1.807, 2.05) is 0 Å². The highest BCUT2D eigenvalue weighted by atomic mass is 16.3. The second-order valence-electron chi connectivity index (χ2n) is 31.4. The highest BCUT2D eigenvalue weighted by molar-refractivity contribution is 6.02. The summed E-state index contributed by atoms with van der Waals surface area (Å²) in [5.41, 5.74) is 19.8. The number of imidazole rings is 1. The molecule has 0 saturated carbocycles. The summed E-state index contributed by atoms with van der Waals surface area (Å²) >= 11 is 0. The third-order valence-corrected chi connectivity index (χ3v) is 20.0. The minimum atomic E-state index is -1.92. The van der Waals surface area contributed by atoms with E-state index in [1.54, 1.807) is 102 Å². The predicted octanol–water partition coefficient (Wildman–Crippen LogP) is -3.86. The van der Waals surface area contributed by atoms with Crippen molar-refractivity contribution < 1.29 is 92.0 Å². The Morgan fingerprint density at radius 3 is 1.45 bits per heavy atom. The molecule has 40 nitrogen and oxygen atoms in total.